The molecule has 0 spiro atoms. The number of aryl methyl sites for hydroxylation is 1. The van der Waals surface area contributed by atoms with Crippen molar-refractivity contribution in [3.05, 3.63) is 65.6 Å². The number of aromatic nitrogens is 1. The molecule has 4 heteroatoms. The largest absolute Gasteiger partial charge is 0.484 e. The van der Waals surface area contributed by atoms with E-state index < -0.39 is 0 Å². The summed E-state index contributed by atoms with van der Waals surface area (Å²) in [5.74, 6) is -0.00877. The van der Waals surface area contributed by atoms with Crippen molar-refractivity contribution in [2.24, 2.45) is 7.05 Å². The number of para-hydroxylation sites is 2. The van der Waals surface area contributed by atoms with Crippen LogP contribution in [-0.2, 0) is 20.2 Å². The number of rotatable bonds is 5. The predicted molar refractivity (Wildman–Crippen MR) is 103 cm³/mol. The Hall–Kier alpha value is -2.33. The van der Waals surface area contributed by atoms with E-state index in [9.17, 15) is 4.39 Å². The Morgan fingerprint density at radius 1 is 0.962 bits per heavy atom. The van der Waals surface area contributed by atoms with Gasteiger partial charge in [-0.05, 0) is 49.7 Å². The van der Waals surface area contributed by atoms with Gasteiger partial charge in [0.25, 0.3) is 0 Å². The molecule has 1 aliphatic heterocycles. The van der Waals surface area contributed by atoms with E-state index in [1.165, 1.54) is 41.8 Å². The van der Waals surface area contributed by atoms with Crippen molar-refractivity contribution in [3.63, 3.8) is 0 Å². The predicted octanol–water partition coefficient (Wildman–Crippen LogP) is 4.88. The van der Waals surface area contributed by atoms with E-state index in [1.54, 1.807) is 18.2 Å². The molecule has 0 saturated carbocycles. The highest BCUT2D eigenvalue weighted by molar-refractivity contribution is 5.85. The normalized spacial score (nSPS) is 15.5. The Kier molecular flexibility index (Phi) is 4.93. The molecule has 2 heterocycles. The van der Waals surface area contributed by atoms with Crippen LogP contribution in [0.4, 0.5) is 4.39 Å². The van der Waals surface area contributed by atoms with Crippen LogP contribution in [0.15, 0.2) is 48.5 Å². The van der Waals surface area contributed by atoms with E-state index in [1.807, 2.05) is 0 Å². The minimum absolute atomic E-state index is 0.307. The van der Waals surface area contributed by atoms with Crippen LogP contribution in [0.3, 0.4) is 0 Å². The SMILES string of the molecule is Cn1c(COc2ccccc2F)c(CN2CCCCC2)c2ccccc21. The molecule has 4 rings (SSSR count). The summed E-state index contributed by atoms with van der Waals surface area (Å²) < 4.78 is 22.0. The third kappa shape index (κ3) is 3.34. The highest BCUT2D eigenvalue weighted by Gasteiger charge is 2.19. The molecule has 136 valence electrons. The number of hydrogen-bond donors (Lipinski definition) is 0. The van der Waals surface area contributed by atoms with E-state index >= 15 is 0 Å². The van der Waals surface area contributed by atoms with Crippen molar-refractivity contribution in [2.75, 3.05) is 13.1 Å². The highest BCUT2D eigenvalue weighted by Crippen LogP contribution is 2.29. The number of nitrogens with zero attached hydrogens (tertiary/aromatic N) is 2. The standard InChI is InChI=1S/C22H25FN2O/c1-24-20-11-5-3-9-17(20)18(15-25-13-7-2-8-14-25)21(24)16-26-22-12-6-4-10-19(22)23/h3-6,9-12H,2,7-8,13-16H2,1H3. The molecule has 0 N–H and O–H groups in total. The Balaban J connectivity index is 1.66. The first-order valence-corrected chi connectivity index (χ1v) is 9.39. The second-order valence-corrected chi connectivity index (χ2v) is 7.06. The summed E-state index contributed by atoms with van der Waals surface area (Å²) in [4.78, 5) is 2.53. The summed E-state index contributed by atoms with van der Waals surface area (Å²) in [5, 5.41) is 1.27. The molecule has 1 aromatic heterocycles. The molecular weight excluding hydrogens is 327 g/mol. The van der Waals surface area contributed by atoms with Crippen LogP contribution >= 0.6 is 0 Å². The zero-order valence-corrected chi connectivity index (χ0v) is 15.2. The molecule has 3 nitrogen and oxygen atoms in total. The summed E-state index contributed by atoms with van der Waals surface area (Å²) in [6.45, 7) is 3.60. The zero-order chi connectivity index (χ0) is 17.9. The number of hydrogen-bond acceptors (Lipinski definition) is 2. The minimum Gasteiger partial charge on any atom is -0.484 e. The van der Waals surface area contributed by atoms with Crippen LogP contribution in [-0.4, -0.2) is 22.6 Å². The van der Waals surface area contributed by atoms with Gasteiger partial charge in [-0.25, -0.2) is 4.39 Å². The van der Waals surface area contributed by atoms with Crippen LogP contribution < -0.4 is 4.74 Å². The second-order valence-electron chi connectivity index (χ2n) is 7.06. The molecule has 3 aromatic rings. The molecule has 2 aromatic carbocycles. The van der Waals surface area contributed by atoms with Gasteiger partial charge in [0.15, 0.2) is 11.6 Å². The number of piperidine rings is 1. The number of fused-ring (bicyclic) bond motifs is 1. The topological polar surface area (TPSA) is 17.4 Å². The quantitative estimate of drug-likeness (QED) is 0.651. The summed E-state index contributed by atoms with van der Waals surface area (Å²) in [5.41, 5.74) is 3.63. The lowest BCUT2D eigenvalue weighted by atomic mass is 10.1. The van der Waals surface area contributed by atoms with E-state index in [0.717, 1.165) is 25.3 Å². The first-order chi connectivity index (χ1) is 12.7. The summed E-state index contributed by atoms with van der Waals surface area (Å²) in [6.07, 6.45) is 3.87. The van der Waals surface area contributed by atoms with Gasteiger partial charge in [0.2, 0.25) is 0 Å². The average Bonchev–Trinajstić information content (AvgIpc) is 2.94. The van der Waals surface area contributed by atoms with E-state index in [-0.39, 0.29) is 5.82 Å². The molecule has 0 unspecified atom stereocenters. The second kappa shape index (κ2) is 7.50. The fourth-order valence-electron chi connectivity index (χ4n) is 3.93. The van der Waals surface area contributed by atoms with Gasteiger partial charge in [0.05, 0.1) is 5.69 Å². The van der Waals surface area contributed by atoms with Crippen LogP contribution in [0.5, 0.6) is 5.75 Å². The van der Waals surface area contributed by atoms with E-state index in [4.69, 9.17) is 4.74 Å². The lowest BCUT2D eigenvalue weighted by Crippen LogP contribution is -2.29. The van der Waals surface area contributed by atoms with Gasteiger partial charge < -0.3 is 9.30 Å². The number of halogens is 1. The smallest absolute Gasteiger partial charge is 0.165 e. The summed E-state index contributed by atoms with van der Waals surface area (Å²) in [6, 6.07) is 15.1. The van der Waals surface area contributed by atoms with Crippen LogP contribution in [0.1, 0.15) is 30.5 Å². The highest BCUT2D eigenvalue weighted by atomic mass is 19.1. The lowest BCUT2D eigenvalue weighted by molar-refractivity contribution is 0.218. The fraction of sp³-hybridized carbons (Fsp3) is 0.364. The maximum atomic E-state index is 13.9. The molecule has 0 aliphatic carbocycles. The Labute approximate surface area is 154 Å². The molecule has 1 fully saturated rings. The molecule has 26 heavy (non-hydrogen) atoms. The van der Waals surface area contributed by atoms with Gasteiger partial charge in [-0.15, -0.1) is 0 Å². The summed E-state index contributed by atoms with van der Waals surface area (Å²) >= 11 is 0. The molecule has 1 saturated heterocycles. The van der Waals surface area contributed by atoms with E-state index in [0.29, 0.717) is 12.4 Å². The third-order valence-electron chi connectivity index (χ3n) is 5.38. The van der Waals surface area contributed by atoms with Gasteiger partial charge in [-0.2, -0.15) is 0 Å². The van der Waals surface area contributed by atoms with Gasteiger partial charge in [-0.1, -0.05) is 36.8 Å². The minimum atomic E-state index is -0.316. The van der Waals surface area contributed by atoms with E-state index in [2.05, 4.69) is 40.8 Å². The van der Waals surface area contributed by atoms with Gasteiger partial charge in [0.1, 0.15) is 6.61 Å². The third-order valence-corrected chi connectivity index (χ3v) is 5.38. The lowest BCUT2D eigenvalue weighted by Gasteiger charge is -2.26. The van der Waals surface area contributed by atoms with Gasteiger partial charge in [0, 0.05) is 24.5 Å². The maximum absolute atomic E-state index is 13.9. The molecule has 0 bridgehead atoms. The summed E-state index contributed by atoms with van der Waals surface area (Å²) in [7, 11) is 2.07. The van der Waals surface area contributed by atoms with Crippen molar-refractivity contribution in [3.8, 4) is 5.75 Å². The fourth-order valence-corrected chi connectivity index (χ4v) is 3.93. The van der Waals surface area contributed by atoms with Crippen molar-refractivity contribution in [2.45, 2.75) is 32.4 Å². The van der Waals surface area contributed by atoms with Crippen molar-refractivity contribution >= 4 is 10.9 Å². The van der Waals surface area contributed by atoms with Crippen LogP contribution in [0, 0.1) is 5.82 Å². The zero-order valence-electron chi connectivity index (χ0n) is 15.2. The number of benzene rings is 2. The van der Waals surface area contributed by atoms with Crippen LogP contribution in [0.25, 0.3) is 10.9 Å². The molecule has 0 atom stereocenters. The molecule has 1 aliphatic rings. The average molecular weight is 352 g/mol. The van der Waals surface area contributed by atoms with Gasteiger partial charge >= 0.3 is 0 Å². The first-order valence-electron chi connectivity index (χ1n) is 9.39. The van der Waals surface area contributed by atoms with Crippen molar-refractivity contribution < 1.29 is 9.13 Å². The molecular formula is C22H25FN2O. The number of likely N-dealkylation sites (tertiary alicyclic amines) is 1. The van der Waals surface area contributed by atoms with Crippen LogP contribution in [0.2, 0.25) is 0 Å². The number of ether oxygens (including phenoxy) is 1. The molecule has 0 amide bonds. The maximum Gasteiger partial charge on any atom is 0.165 e. The Bertz CT molecular complexity index is 896. The van der Waals surface area contributed by atoms with Crippen molar-refractivity contribution in [1.29, 1.82) is 0 Å². The first kappa shape index (κ1) is 17.1. The monoisotopic (exact) mass is 352 g/mol. The Morgan fingerprint density at radius 2 is 1.69 bits per heavy atom. The van der Waals surface area contributed by atoms with Gasteiger partial charge in [-0.3, -0.25) is 4.90 Å². The Morgan fingerprint density at radius 3 is 2.50 bits per heavy atom. The molecule has 0 radical (unpaired) electrons. The van der Waals surface area contributed by atoms with Crippen molar-refractivity contribution in [1.82, 2.24) is 9.47 Å².